The fourth-order valence-electron chi connectivity index (χ4n) is 2.54. The van der Waals surface area contributed by atoms with E-state index in [4.69, 9.17) is 4.74 Å². The maximum Gasteiger partial charge on any atom is 0.308 e. The van der Waals surface area contributed by atoms with Crippen molar-refractivity contribution in [3.63, 3.8) is 0 Å². The lowest BCUT2D eigenvalue weighted by atomic mass is 9.87. The zero-order valence-electron chi connectivity index (χ0n) is 16.0. The Balaban J connectivity index is 2.43. The lowest BCUT2D eigenvalue weighted by molar-refractivity contribution is -0.131. The molecule has 1 amide bonds. The molecular weight excluding hydrogens is 366 g/mol. The van der Waals surface area contributed by atoms with Crippen LogP contribution in [-0.2, 0) is 25.0 Å². The highest BCUT2D eigenvalue weighted by Gasteiger charge is 2.29. The van der Waals surface area contributed by atoms with Crippen LogP contribution >= 0.6 is 0 Å². The molecule has 0 aliphatic carbocycles. The number of hydrogen-bond donors (Lipinski definition) is 0. The van der Waals surface area contributed by atoms with Gasteiger partial charge in [0.1, 0.15) is 5.75 Å². The highest BCUT2D eigenvalue weighted by molar-refractivity contribution is 7.93. The number of sulfonamides is 1. The van der Waals surface area contributed by atoms with E-state index in [0.29, 0.717) is 0 Å². The largest absolute Gasteiger partial charge is 0.427 e. The van der Waals surface area contributed by atoms with Gasteiger partial charge in [0.05, 0.1) is 10.6 Å². The predicted molar refractivity (Wildman–Crippen MR) is 103 cm³/mol. The van der Waals surface area contributed by atoms with Gasteiger partial charge < -0.3 is 4.74 Å². The van der Waals surface area contributed by atoms with Gasteiger partial charge in [0, 0.05) is 13.8 Å². The third-order valence-corrected chi connectivity index (χ3v) is 5.69. The molecule has 0 atom stereocenters. The monoisotopic (exact) mass is 389 g/mol. The Kier molecular flexibility index (Phi) is 5.75. The highest BCUT2D eigenvalue weighted by atomic mass is 32.2. The number of nitrogens with zero attached hydrogens (tertiary/aromatic N) is 1. The van der Waals surface area contributed by atoms with Crippen LogP contribution in [-0.4, -0.2) is 20.3 Å². The van der Waals surface area contributed by atoms with Crippen LogP contribution in [0.2, 0.25) is 0 Å². The van der Waals surface area contributed by atoms with Gasteiger partial charge in [0.2, 0.25) is 5.91 Å². The van der Waals surface area contributed by atoms with Crippen molar-refractivity contribution in [2.45, 2.75) is 44.9 Å². The minimum atomic E-state index is -4.08. The second kappa shape index (κ2) is 7.52. The molecule has 0 aliphatic rings. The lowest BCUT2D eigenvalue weighted by Gasteiger charge is -2.23. The average molecular weight is 389 g/mol. The van der Waals surface area contributed by atoms with Crippen LogP contribution in [0.1, 0.15) is 40.2 Å². The van der Waals surface area contributed by atoms with Gasteiger partial charge in [-0.3, -0.25) is 9.59 Å². The van der Waals surface area contributed by atoms with E-state index in [2.05, 4.69) is 0 Å². The summed E-state index contributed by atoms with van der Waals surface area (Å²) in [7, 11) is -4.08. The van der Waals surface area contributed by atoms with Gasteiger partial charge >= 0.3 is 5.97 Å². The molecule has 0 radical (unpaired) electrons. The molecule has 0 fully saturated rings. The molecular formula is C20H23NO5S. The molecule has 2 rings (SSSR count). The van der Waals surface area contributed by atoms with Crippen LogP contribution in [0.25, 0.3) is 0 Å². The number of esters is 1. The first kappa shape index (κ1) is 20.6. The molecule has 6 nitrogen and oxygen atoms in total. The van der Waals surface area contributed by atoms with Crippen molar-refractivity contribution in [2.75, 3.05) is 4.31 Å². The standard InChI is InChI=1S/C20H23NO5S/c1-14(22)21(17-8-10-18(11-9-17)26-15(2)23)27(24,25)19-12-6-16(7-13-19)20(3,4)5/h6-13H,1-5H3. The Hall–Kier alpha value is -2.67. The van der Waals surface area contributed by atoms with Crippen molar-refractivity contribution in [3.8, 4) is 5.75 Å². The summed E-state index contributed by atoms with van der Waals surface area (Å²) in [4.78, 5) is 23.1. The normalized spacial score (nSPS) is 11.7. The number of amides is 1. The fraction of sp³-hybridized carbons (Fsp3) is 0.300. The van der Waals surface area contributed by atoms with Crippen LogP contribution in [0, 0.1) is 0 Å². The first-order valence-electron chi connectivity index (χ1n) is 8.38. The molecule has 0 N–H and O–H groups in total. The maximum atomic E-state index is 13.0. The minimum Gasteiger partial charge on any atom is -0.427 e. The van der Waals surface area contributed by atoms with Crippen LogP contribution in [0.3, 0.4) is 0 Å². The number of benzene rings is 2. The molecule has 0 aromatic heterocycles. The first-order chi connectivity index (χ1) is 12.4. The molecule has 0 spiro atoms. The molecule has 0 heterocycles. The summed E-state index contributed by atoms with van der Waals surface area (Å²) >= 11 is 0. The van der Waals surface area contributed by atoms with E-state index in [1.54, 1.807) is 12.1 Å². The molecule has 0 bridgehead atoms. The number of anilines is 1. The van der Waals surface area contributed by atoms with Crippen LogP contribution in [0.4, 0.5) is 5.69 Å². The SMILES string of the molecule is CC(=O)Oc1ccc(N(C(C)=O)S(=O)(=O)c2ccc(C(C)(C)C)cc2)cc1. The van der Waals surface area contributed by atoms with E-state index in [1.165, 1.54) is 50.2 Å². The van der Waals surface area contributed by atoms with E-state index in [-0.39, 0.29) is 21.7 Å². The quantitative estimate of drug-likeness (QED) is 0.589. The molecule has 7 heteroatoms. The summed E-state index contributed by atoms with van der Waals surface area (Å²) in [5.74, 6) is -0.866. The zero-order chi connectivity index (χ0) is 20.4. The topological polar surface area (TPSA) is 80.8 Å². The molecule has 2 aromatic carbocycles. The second-order valence-electron chi connectivity index (χ2n) is 7.15. The van der Waals surface area contributed by atoms with Crippen LogP contribution < -0.4 is 9.04 Å². The summed E-state index contributed by atoms with van der Waals surface area (Å²) < 4.78 is 31.7. The Bertz CT molecular complexity index is 939. The summed E-state index contributed by atoms with van der Waals surface area (Å²) in [5.41, 5.74) is 1.04. The molecule has 0 saturated heterocycles. The molecule has 2 aromatic rings. The van der Waals surface area contributed by atoms with E-state index < -0.39 is 21.9 Å². The van der Waals surface area contributed by atoms with Gasteiger partial charge in [0.15, 0.2) is 0 Å². The van der Waals surface area contributed by atoms with Crippen molar-refractivity contribution in [1.82, 2.24) is 0 Å². The third-order valence-electron chi connectivity index (χ3n) is 3.88. The van der Waals surface area contributed by atoms with Gasteiger partial charge in [-0.2, -0.15) is 0 Å². The van der Waals surface area contributed by atoms with E-state index >= 15 is 0 Å². The highest BCUT2D eigenvalue weighted by Crippen LogP contribution is 2.28. The van der Waals surface area contributed by atoms with Crippen molar-refractivity contribution >= 4 is 27.6 Å². The van der Waals surface area contributed by atoms with Crippen molar-refractivity contribution in [1.29, 1.82) is 0 Å². The van der Waals surface area contributed by atoms with Gasteiger partial charge in [-0.1, -0.05) is 32.9 Å². The van der Waals surface area contributed by atoms with Crippen molar-refractivity contribution in [2.24, 2.45) is 0 Å². The minimum absolute atomic E-state index is 0.0229. The molecule has 144 valence electrons. The molecule has 27 heavy (non-hydrogen) atoms. The van der Waals surface area contributed by atoms with Gasteiger partial charge in [-0.15, -0.1) is 0 Å². The van der Waals surface area contributed by atoms with E-state index in [1.807, 2.05) is 20.8 Å². The maximum absolute atomic E-state index is 13.0. The van der Waals surface area contributed by atoms with Gasteiger partial charge in [-0.05, 0) is 47.4 Å². The predicted octanol–water partition coefficient (Wildman–Crippen LogP) is 3.65. The Morgan fingerprint density at radius 3 is 1.81 bits per heavy atom. The van der Waals surface area contributed by atoms with Gasteiger partial charge in [0.25, 0.3) is 10.0 Å². The number of carbonyl (C=O) groups is 2. The van der Waals surface area contributed by atoms with Crippen molar-refractivity contribution in [3.05, 3.63) is 54.1 Å². The zero-order valence-corrected chi connectivity index (χ0v) is 16.8. The average Bonchev–Trinajstić information content (AvgIpc) is 2.55. The number of rotatable bonds is 4. The summed E-state index contributed by atoms with van der Waals surface area (Å²) in [6.07, 6.45) is 0. The first-order valence-corrected chi connectivity index (χ1v) is 9.82. The summed E-state index contributed by atoms with van der Waals surface area (Å²) in [6, 6.07) is 12.2. The lowest BCUT2D eigenvalue weighted by Crippen LogP contribution is -2.35. The van der Waals surface area contributed by atoms with E-state index in [0.717, 1.165) is 9.87 Å². The Morgan fingerprint density at radius 2 is 1.41 bits per heavy atom. The van der Waals surface area contributed by atoms with Gasteiger partial charge in [-0.25, -0.2) is 12.7 Å². The molecule has 0 aliphatic heterocycles. The number of hydrogen-bond acceptors (Lipinski definition) is 5. The third kappa shape index (κ3) is 4.74. The number of carbonyl (C=O) groups excluding carboxylic acids is 2. The van der Waals surface area contributed by atoms with Crippen LogP contribution in [0.5, 0.6) is 5.75 Å². The second-order valence-corrected chi connectivity index (χ2v) is 8.94. The summed E-state index contributed by atoms with van der Waals surface area (Å²) in [5, 5.41) is 0. The molecule has 0 unspecified atom stereocenters. The molecule has 0 saturated carbocycles. The van der Waals surface area contributed by atoms with E-state index in [9.17, 15) is 18.0 Å². The van der Waals surface area contributed by atoms with Crippen molar-refractivity contribution < 1.29 is 22.7 Å². The van der Waals surface area contributed by atoms with Crippen LogP contribution in [0.15, 0.2) is 53.4 Å². The smallest absolute Gasteiger partial charge is 0.308 e. The summed E-state index contributed by atoms with van der Waals surface area (Å²) in [6.45, 7) is 8.54. The Labute approximate surface area is 159 Å². The fourth-order valence-corrected chi connectivity index (χ4v) is 3.97. The Morgan fingerprint density at radius 1 is 0.889 bits per heavy atom. The number of ether oxygens (including phenoxy) is 1.